The summed E-state index contributed by atoms with van der Waals surface area (Å²) in [6.07, 6.45) is 0. The van der Waals surface area contributed by atoms with Crippen molar-refractivity contribution in [2.75, 3.05) is 0 Å². The van der Waals surface area contributed by atoms with Gasteiger partial charge in [0.1, 0.15) is 7.59 Å². The van der Waals surface area contributed by atoms with Crippen molar-refractivity contribution in [3.63, 3.8) is 0 Å². The average molecular weight is 339 g/mol. The molecule has 0 saturated heterocycles. The molecule has 20 heavy (non-hydrogen) atoms. The fraction of sp³-hybridized carbons (Fsp3) is 0.250. The normalized spacial score (nSPS) is 12.5. The van der Waals surface area contributed by atoms with E-state index < -0.39 is 15.2 Å². The first kappa shape index (κ1) is 15.8. The molecule has 0 spiro atoms. The molecule has 0 aromatic heterocycles. The van der Waals surface area contributed by atoms with Gasteiger partial charge in [0.05, 0.1) is 0 Å². The van der Waals surface area contributed by atoms with Gasteiger partial charge in [0.25, 0.3) is 0 Å². The Hall–Kier alpha value is -0.546. The summed E-state index contributed by atoms with van der Waals surface area (Å²) in [5.41, 5.74) is 0. The van der Waals surface area contributed by atoms with Crippen molar-refractivity contribution in [1.82, 2.24) is 0 Å². The average Bonchev–Trinajstić information content (AvgIpc) is 2.38. The van der Waals surface area contributed by atoms with E-state index in [1.165, 1.54) is 10.4 Å². The Bertz CT molecular complexity index is 538. The molecule has 0 heterocycles. The van der Waals surface area contributed by atoms with E-state index in [4.69, 9.17) is 23.2 Å². The highest BCUT2D eigenvalue weighted by atomic mass is 35.5. The Kier molecular flexibility index (Phi) is 4.50. The highest BCUT2D eigenvalue weighted by molar-refractivity contribution is 7.50. The summed E-state index contributed by atoms with van der Waals surface area (Å²) >= 11 is 12.1. The summed E-state index contributed by atoms with van der Waals surface area (Å²) in [5.74, 6) is 0. The number of benzene rings is 2. The van der Waals surface area contributed by atoms with E-state index in [-0.39, 0.29) is 0 Å². The lowest BCUT2D eigenvalue weighted by atomic mass is 10.4. The van der Waals surface area contributed by atoms with Gasteiger partial charge in [0.15, 0.2) is 0 Å². The first-order chi connectivity index (χ1) is 9.25. The smallest absolute Gasteiger partial charge is 0.0843 e. The van der Waals surface area contributed by atoms with Gasteiger partial charge in [-0.15, -0.1) is 0 Å². The quantitative estimate of drug-likeness (QED) is 0.717. The predicted molar refractivity (Wildman–Crippen MR) is 97.1 cm³/mol. The number of hydrogen-bond donors (Lipinski definition) is 0. The number of halogens is 2. The molecular formula is C16H20Cl2Si2. The van der Waals surface area contributed by atoms with Crippen LogP contribution in [0.1, 0.15) is 0 Å². The van der Waals surface area contributed by atoms with Gasteiger partial charge in [0.2, 0.25) is 0 Å². The van der Waals surface area contributed by atoms with E-state index in [1.807, 2.05) is 24.3 Å². The molecule has 0 radical (unpaired) electrons. The van der Waals surface area contributed by atoms with E-state index in [0.29, 0.717) is 0 Å². The minimum absolute atomic E-state index is 0.803. The maximum absolute atomic E-state index is 6.05. The number of rotatable bonds is 3. The van der Waals surface area contributed by atoms with Crippen LogP contribution in [0.3, 0.4) is 0 Å². The molecule has 2 rings (SSSR count). The first-order valence-corrected chi connectivity index (χ1v) is 14.5. The SMILES string of the molecule is C[Si](C)(C)[Si](C)(c1ccc(Cl)cc1)c1ccc(Cl)cc1. The third kappa shape index (κ3) is 2.89. The lowest BCUT2D eigenvalue weighted by Crippen LogP contribution is -2.71. The molecule has 0 aliphatic rings. The zero-order valence-corrected chi connectivity index (χ0v) is 15.9. The monoisotopic (exact) mass is 338 g/mol. The van der Waals surface area contributed by atoms with Crippen molar-refractivity contribution in [1.29, 1.82) is 0 Å². The molecule has 0 nitrogen and oxygen atoms in total. The molecule has 2 aromatic carbocycles. The fourth-order valence-electron chi connectivity index (χ4n) is 2.60. The first-order valence-electron chi connectivity index (χ1n) is 6.77. The fourth-order valence-corrected chi connectivity index (χ4v) is 12.8. The van der Waals surface area contributed by atoms with Crippen LogP contribution in [-0.2, 0) is 0 Å². The molecule has 0 aliphatic carbocycles. The van der Waals surface area contributed by atoms with Gasteiger partial charge in [-0.1, -0.05) is 84.0 Å². The van der Waals surface area contributed by atoms with Crippen LogP contribution in [0.5, 0.6) is 0 Å². The topological polar surface area (TPSA) is 0 Å². The molecule has 2 aromatic rings. The molecule has 0 fully saturated rings. The van der Waals surface area contributed by atoms with E-state index in [0.717, 1.165) is 10.0 Å². The van der Waals surface area contributed by atoms with Crippen LogP contribution in [0.4, 0.5) is 0 Å². The molecule has 106 valence electrons. The van der Waals surface area contributed by atoms with Gasteiger partial charge >= 0.3 is 0 Å². The van der Waals surface area contributed by atoms with Gasteiger partial charge in [0, 0.05) is 17.6 Å². The lowest BCUT2D eigenvalue weighted by Gasteiger charge is -2.40. The Balaban J connectivity index is 2.62. The minimum atomic E-state index is -1.73. The molecule has 0 N–H and O–H groups in total. The zero-order valence-electron chi connectivity index (χ0n) is 12.4. The van der Waals surface area contributed by atoms with Crippen LogP contribution in [0, 0.1) is 0 Å². The summed E-state index contributed by atoms with van der Waals surface area (Å²) < 4.78 is 0. The zero-order chi connectivity index (χ0) is 15.0. The molecule has 0 saturated carbocycles. The van der Waals surface area contributed by atoms with E-state index in [1.54, 1.807) is 0 Å². The molecule has 0 unspecified atom stereocenters. The predicted octanol–water partition coefficient (Wildman–Crippen LogP) is 4.60. The van der Waals surface area contributed by atoms with Crippen LogP contribution in [-0.4, -0.2) is 15.2 Å². The maximum Gasteiger partial charge on any atom is 0.107 e. The number of hydrogen-bond acceptors (Lipinski definition) is 0. The third-order valence-electron chi connectivity index (χ3n) is 4.34. The van der Waals surface area contributed by atoms with E-state index in [9.17, 15) is 0 Å². The maximum atomic E-state index is 6.05. The lowest BCUT2D eigenvalue weighted by molar-refractivity contribution is 1.67. The van der Waals surface area contributed by atoms with Crippen LogP contribution in [0.2, 0.25) is 36.2 Å². The molecule has 4 heteroatoms. The summed E-state index contributed by atoms with van der Waals surface area (Å²) in [7, 11) is -3.10. The second-order valence-electron chi connectivity index (χ2n) is 6.39. The van der Waals surface area contributed by atoms with Gasteiger partial charge in [-0.2, -0.15) is 0 Å². The summed E-state index contributed by atoms with van der Waals surface area (Å²) in [6.45, 7) is 9.86. The van der Waals surface area contributed by atoms with Crippen LogP contribution >= 0.6 is 23.2 Å². The van der Waals surface area contributed by atoms with Crippen molar-refractivity contribution in [3.8, 4) is 0 Å². The molecule has 0 amide bonds. The second kappa shape index (κ2) is 5.68. The van der Waals surface area contributed by atoms with Gasteiger partial charge < -0.3 is 0 Å². The highest BCUT2D eigenvalue weighted by Gasteiger charge is 2.44. The van der Waals surface area contributed by atoms with Gasteiger partial charge in [-0.25, -0.2) is 0 Å². The molecule has 0 aliphatic heterocycles. The van der Waals surface area contributed by atoms with Gasteiger partial charge in [-0.3, -0.25) is 0 Å². The molecular weight excluding hydrogens is 319 g/mol. The minimum Gasteiger partial charge on any atom is -0.0843 e. The third-order valence-corrected chi connectivity index (χ3v) is 21.6. The molecule has 0 atom stereocenters. The van der Waals surface area contributed by atoms with Crippen molar-refractivity contribution in [2.24, 2.45) is 0 Å². The Morgan fingerprint density at radius 3 is 1.15 bits per heavy atom. The van der Waals surface area contributed by atoms with Gasteiger partial charge in [-0.05, 0) is 24.3 Å². The summed E-state index contributed by atoms with van der Waals surface area (Å²) in [4.78, 5) is 0. The van der Waals surface area contributed by atoms with Crippen LogP contribution in [0.25, 0.3) is 0 Å². The summed E-state index contributed by atoms with van der Waals surface area (Å²) in [5, 5.41) is 4.53. The molecule has 0 bridgehead atoms. The Morgan fingerprint density at radius 2 is 0.900 bits per heavy atom. The Morgan fingerprint density at radius 1 is 0.600 bits per heavy atom. The standard InChI is InChI=1S/C16H20Cl2Si2/c1-19(2,3)20(4,15-9-5-13(17)6-10-15)16-11-7-14(18)8-12-16/h5-12H,1-4H3. The van der Waals surface area contributed by atoms with Crippen molar-refractivity contribution >= 4 is 48.8 Å². The highest BCUT2D eigenvalue weighted by Crippen LogP contribution is 2.21. The van der Waals surface area contributed by atoms with Crippen molar-refractivity contribution in [2.45, 2.75) is 26.2 Å². The van der Waals surface area contributed by atoms with Crippen LogP contribution < -0.4 is 10.4 Å². The van der Waals surface area contributed by atoms with Crippen molar-refractivity contribution in [3.05, 3.63) is 58.6 Å². The van der Waals surface area contributed by atoms with Crippen LogP contribution in [0.15, 0.2) is 48.5 Å². The van der Waals surface area contributed by atoms with Crippen molar-refractivity contribution < 1.29 is 0 Å². The van der Waals surface area contributed by atoms with E-state index >= 15 is 0 Å². The summed E-state index contributed by atoms with van der Waals surface area (Å²) in [6, 6.07) is 16.9. The van der Waals surface area contributed by atoms with E-state index in [2.05, 4.69) is 50.5 Å². The second-order valence-corrected chi connectivity index (χ2v) is 22.7. The largest absolute Gasteiger partial charge is 0.107 e. The Labute approximate surface area is 133 Å².